The lowest BCUT2D eigenvalue weighted by Crippen LogP contribution is -2.55. The molecule has 2 N–H and O–H groups in total. The molecule has 2 fully saturated rings. The van der Waals surface area contributed by atoms with Crippen LogP contribution in [0.5, 0.6) is 11.5 Å². The van der Waals surface area contributed by atoms with Gasteiger partial charge in [0.25, 0.3) is 0 Å². The summed E-state index contributed by atoms with van der Waals surface area (Å²) < 4.78 is 10.8. The average molecular weight is 567 g/mol. The molecule has 3 heterocycles. The Labute approximate surface area is 232 Å². The third-order valence-corrected chi connectivity index (χ3v) is 7.95. The van der Waals surface area contributed by atoms with Crippen LogP contribution in [0.4, 0.5) is 11.8 Å². The quantitative estimate of drug-likeness (QED) is 0.532. The number of likely N-dealkylation sites (tertiary alicyclic amines) is 1. The average Bonchev–Trinajstić information content (AvgIpc) is 3.40. The molecule has 11 nitrogen and oxygen atoms in total. The molecule has 38 heavy (non-hydrogen) atoms. The van der Waals surface area contributed by atoms with Gasteiger partial charge in [0.2, 0.25) is 17.8 Å². The molecule has 0 radical (unpaired) electrons. The zero-order valence-electron chi connectivity index (χ0n) is 22.1. The first-order chi connectivity index (χ1) is 17.7. The summed E-state index contributed by atoms with van der Waals surface area (Å²) in [7, 11) is 3.13. The van der Waals surface area contributed by atoms with Gasteiger partial charge in [-0.2, -0.15) is 4.98 Å². The number of fused-ring (bicyclic) bond motifs is 1. The summed E-state index contributed by atoms with van der Waals surface area (Å²) >= 11 is 1.15. The highest BCUT2D eigenvalue weighted by atomic mass is 35.5. The van der Waals surface area contributed by atoms with Gasteiger partial charge in [0.05, 0.1) is 19.7 Å². The lowest BCUT2D eigenvalue weighted by Gasteiger charge is -2.37. The lowest BCUT2D eigenvalue weighted by molar-refractivity contribution is -0.145. The molecule has 0 saturated carbocycles. The third-order valence-electron chi connectivity index (χ3n) is 6.87. The van der Waals surface area contributed by atoms with Crippen LogP contribution in [-0.2, 0) is 14.4 Å². The topological polar surface area (TPSA) is 131 Å². The maximum absolute atomic E-state index is 13.4. The molecule has 2 aliphatic rings. The van der Waals surface area contributed by atoms with Gasteiger partial charge >= 0.3 is 0 Å². The van der Waals surface area contributed by atoms with Crippen LogP contribution in [-0.4, -0.2) is 95.4 Å². The summed E-state index contributed by atoms with van der Waals surface area (Å²) in [6, 6.07) is 3.09. The molecule has 0 spiro atoms. The number of rotatable bonds is 7. The van der Waals surface area contributed by atoms with Crippen molar-refractivity contribution in [2.75, 3.05) is 63.3 Å². The zero-order chi connectivity index (χ0) is 26.7. The fourth-order valence-electron chi connectivity index (χ4n) is 4.83. The predicted octanol–water partition coefficient (Wildman–Crippen LogP) is 2.21. The molecule has 0 bridgehead atoms. The Bertz CT molecular complexity index is 1190. The second-order valence-electron chi connectivity index (χ2n) is 9.34. The molecule has 2 atom stereocenters. The minimum absolute atomic E-state index is 0. The number of anilines is 2. The largest absolute Gasteiger partial charge is 0.493 e. The number of aromatic nitrogens is 2. The van der Waals surface area contributed by atoms with Crippen LogP contribution < -0.4 is 20.1 Å². The molecular formula is C25H35ClN6O5S. The predicted molar refractivity (Wildman–Crippen MR) is 150 cm³/mol. The molecule has 1 aromatic carbocycles. The molecule has 4 rings (SSSR count). The molecule has 1 unspecified atom stereocenters. The highest BCUT2D eigenvalue weighted by Gasteiger charge is 2.39. The van der Waals surface area contributed by atoms with Gasteiger partial charge in [-0.05, 0) is 18.9 Å². The number of ether oxygens (including phenoxy) is 2. The van der Waals surface area contributed by atoms with E-state index in [-0.39, 0.29) is 35.3 Å². The number of benzene rings is 1. The molecule has 2 saturated heterocycles. The maximum atomic E-state index is 13.4. The van der Waals surface area contributed by atoms with Crippen LogP contribution >= 0.6 is 24.2 Å². The molecule has 2 aliphatic heterocycles. The van der Waals surface area contributed by atoms with Crippen LogP contribution in [0.1, 0.15) is 26.7 Å². The number of nitrogen functional groups attached to an aromatic ring is 1. The monoisotopic (exact) mass is 566 g/mol. The number of amides is 2. The van der Waals surface area contributed by atoms with Gasteiger partial charge in [0, 0.05) is 62.8 Å². The molecule has 13 heteroatoms. The van der Waals surface area contributed by atoms with Gasteiger partial charge in [-0.1, -0.05) is 18.7 Å². The van der Waals surface area contributed by atoms with Crippen molar-refractivity contribution in [1.82, 2.24) is 19.8 Å². The van der Waals surface area contributed by atoms with Gasteiger partial charge in [0.1, 0.15) is 11.9 Å². The number of nitrogens with zero attached hydrogens (tertiary/aromatic N) is 5. The van der Waals surface area contributed by atoms with Crippen molar-refractivity contribution >= 4 is 63.8 Å². The van der Waals surface area contributed by atoms with Crippen LogP contribution in [0.3, 0.4) is 0 Å². The fraction of sp³-hybridized carbons (Fsp3) is 0.560. The second kappa shape index (κ2) is 12.7. The Kier molecular flexibility index (Phi) is 9.88. The summed E-state index contributed by atoms with van der Waals surface area (Å²) in [5.41, 5.74) is 6.90. The van der Waals surface area contributed by atoms with Gasteiger partial charge in [-0.25, -0.2) is 4.98 Å². The Balaban J connectivity index is 0.00000400. The summed E-state index contributed by atoms with van der Waals surface area (Å²) in [5, 5.41) is 0.666. The Morgan fingerprint density at radius 3 is 2.37 bits per heavy atom. The van der Waals surface area contributed by atoms with Crippen LogP contribution in [0.25, 0.3) is 10.9 Å². The van der Waals surface area contributed by atoms with Crippen molar-refractivity contribution in [3.63, 3.8) is 0 Å². The molecular weight excluding hydrogens is 532 g/mol. The Morgan fingerprint density at radius 2 is 1.74 bits per heavy atom. The molecule has 2 aromatic rings. The van der Waals surface area contributed by atoms with Crippen LogP contribution in [0.15, 0.2) is 12.1 Å². The van der Waals surface area contributed by atoms with E-state index in [0.29, 0.717) is 79.1 Å². The van der Waals surface area contributed by atoms with Crippen LogP contribution in [0, 0.1) is 5.92 Å². The minimum atomic E-state index is -0.446. The van der Waals surface area contributed by atoms with E-state index in [2.05, 4.69) is 4.98 Å². The highest BCUT2D eigenvalue weighted by molar-refractivity contribution is 8.13. The molecule has 2 amide bonds. The van der Waals surface area contributed by atoms with E-state index in [1.165, 1.54) is 6.92 Å². The Morgan fingerprint density at radius 1 is 1.08 bits per heavy atom. The van der Waals surface area contributed by atoms with Crippen molar-refractivity contribution in [2.45, 2.75) is 32.7 Å². The first-order valence-electron chi connectivity index (χ1n) is 12.4. The van der Waals surface area contributed by atoms with Crippen molar-refractivity contribution in [1.29, 1.82) is 0 Å². The molecule has 1 aromatic heterocycles. The zero-order valence-corrected chi connectivity index (χ0v) is 23.8. The smallest absolute Gasteiger partial charge is 0.245 e. The van der Waals surface area contributed by atoms with Gasteiger partial charge in [0.15, 0.2) is 16.6 Å². The number of methoxy groups -OCH3 is 2. The van der Waals surface area contributed by atoms with Crippen LogP contribution in [0.2, 0.25) is 0 Å². The first-order valence-corrected chi connectivity index (χ1v) is 13.4. The number of halogens is 1. The number of thioether (sulfide) groups is 1. The number of piperazine rings is 1. The van der Waals surface area contributed by atoms with E-state index in [0.717, 1.165) is 18.2 Å². The van der Waals surface area contributed by atoms with E-state index in [4.69, 9.17) is 20.2 Å². The minimum Gasteiger partial charge on any atom is -0.493 e. The summed E-state index contributed by atoms with van der Waals surface area (Å²) in [4.78, 5) is 52.4. The number of nitrogens with two attached hydrogens (primary N) is 1. The number of carbonyl (C=O) groups is 3. The van der Waals surface area contributed by atoms with Crippen molar-refractivity contribution in [2.24, 2.45) is 5.92 Å². The normalized spacial score (nSPS) is 18.2. The Hall–Kier alpha value is -2.99. The number of hydrogen-bond donors (Lipinski definition) is 1. The maximum Gasteiger partial charge on any atom is 0.245 e. The van der Waals surface area contributed by atoms with Gasteiger partial charge < -0.3 is 29.9 Å². The van der Waals surface area contributed by atoms with Crippen molar-refractivity contribution < 1.29 is 23.9 Å². The lowest BCUT2D eigenvalue weighted by atomic mass is 10.1. The van der Waals surface area contributed by atoms with Crippen molar-refractivity contribution in [3.8, 4) is 11.5 Å². The molecule has 0 aliphatic carbocycles. The fourth-order valence-corrected chi connectivity index (χ4v) is 5.46. The standard InChI is InChI=1S/C25H34N6O5S.ClH/c1-15(14-37-16(2)32)23(33)31-7-5-6-19(31)24(34)29-8-10-30(11-9-29)25-27-18-13-21(36-4)20(35-3)12-17(18)22(26)28-25;/h12-13,15,19H,5-11,14H2,1-4H3,(H2,26,27,28);1H/t15?,19-;/m0./s1. The number of hydrogen-bond acceptors (Lipinski definition) is 10. The SMILES string of the molecule is COc1cc2nc(N3CCN(C(=O)[C@@H]4CCCN4C(=O)C(C)CSC(C)=O)CC3)nc(N)c2cc1OC.Cl. The summed E-state index contributed by atoms with van der Waals surface area (Å²) in [5.74, 6) is 1.99. The number of carbonyl (C=O) groups excluding carboxylic acids is 3. The van der Waals surface area contributed by atoms with Gasteiger partial charge in [-0.3, -0.25) is 14.4 Å². The van der Waals surface area contributed by atoms with E-state index in [1.54, 1.807) is 31.3 Å². The van der Waals surface area contributed by atoms with Gasteiger partial charge in [-0.15, -0.1) is 12.4 Å². The van der Waals surface area contributed by atoms with E-state index in [1.807, 2.05) is 16.7 Å². The summed E-state index contributed by atoms with van der Waals surface area (Å²) in [6.45, 7) is 5.99. The van der Waals surface area contributed by atoms with E-state index < -0.39 is 6.04 Å². The van der Waals surface area contributed by atoms with E-state index >= 15 is 0 Å². The van der Waals surface area contributed by atoms with E-state index in [9.17, 15) is 14.4 Å². The molecule has 208 valence electrons. The second-order valence-corrected chi connectivity index (χ2v) is 10.5. The highest BCUT2D eigenvalue weighted by Crippen LogP contribution is 2.34. The van der Waals surface area contributed by atoms with Crippen molar-refractivity contribution in [3.05, 3.63) is 12.1 Å². The first kappa shape index (κ1) is 29.6. The summed E-state index contributed by atoms with van der Waals surface area (Å²) in [6.07, 6.45) is 1.46. The third kappa shape index (κ3) is 6.17.